The molecule has 12 heteroatoms. The highest BCUT2D eigenvalue weighted by Crippen LogP contribution is 2.42. The Balaban J connectivity index is 1.93. The number of imidazole rings is 1. The molecule has 11 nitrogen and oxygen atoms in total. The first kappa shape index (κ1) is 25.6. The number of rotatable bonds is 11. The Hall–Kier alpha value is -3.50. The van der Waals surface area contributed by atoms with E-state index in [-0.39, 0.29) is 29.6 Å². The summed E-state index contributed by atoms with van der Waals surface area (Å²) in [5.41, 5.74) is 7.52. The minimum Gasteiger partial charge on any atom is -0.461 e. The van der Waals surface area contributed by atoms with Crippen LogP contribution >= 0.6 is 7.37 Å². The molecular weight excluding hydrogens is 485 g/mol. The van der Waals surface area contributed by atoms with Gasteiger partial charge in [0.25, 0.3) is 0 Å². The van der Waals surface area contributed by atoms with Gasteiger partial charge in [0.2, 0.25) is 7.37 Å². The molecule has 2 aromatic carbocycles. The standard InChI is InChI=1S/C24H28N5O6P/c1-33-13-14-34-23-27-21(25)18-22(28-23)29(24(30)26-18)19(16-9-5-3-6-10-16)20(35-15-36(2,31)32)17-11-7-4-8-12-17/h3-12,19-20H,13-15H2,1-2H3,(H,26,30)(H,31,32)(H2,25,27,28). The summed E-state index contributed by atoms with van der Waals surface area (Å²) in [5.74, 6) is 0.0423. The largest absolute Gasteiger partial charge is 0.461 e. The van der Waals surface area contributed by atoms with Crippen molar-refractivity contribution in [3.05, 3.63) is 82.3 Å². The van der Waals surface area contributed by atoms with Crippen molar-refractivity contribution in [3.63, 3.8) is 0 Å². The number of fused-ring (bicyclic) bond motifs is 1. The lowest BCUT2D eigenvalue weighted by molar-refractivity contribution is 0.0509. The summed E-state index contributed by atoms with van der Waals surface area (Å²) in [6.45, 7) is 1.73. The van der Waals surface area contributed by atoms with Crippen LogP contribution in [0.1, 0.15) is 23.3 Å². The van der Waals surface area contributed by atoms with Gasteiger partial charge in [0.1, 0.15) is 24.6 Å². The molecule has 0 radical (unpaired) electrons. The van der Waals surface area contributed by atoms with Crippen molar-refractivity contribution in [2.45, 2.75) is 12.1 Å². The molecule has 3 atom stereocenters. The smallest absolute Gasteiger partial charge is 0.328 e. The molecule has 3 unspecified atom stereocenters. The number of aromatic nitrogens is 4. The number of H-pyrrole nitrogens is 1. The Labute approximate surface area is 207 Å². The van der Waals surface area contributed by atoms with Crippen LogP contribution in [0.15, 0.2) is 65.5 Å². The Morgan fingerprint density at radius 2 is 1.69 bits per heavy atom. The van der Waals surface area contributed by atoms with Gasteiger partial charge in [-0.1, -0.05) is 60.7 Å². The Kier molecular flexibility index (Phi) is 7.85. The quantitative estimate of drug-likeness (QED) is 0.203. The molecule has 0 bridgehead atoms. The maximum atomic E-state index is 13.4. The third kappa shape index (κ3) is 5.83. The van der Waals surface area contributed by atoms with Gasteiger partial charge in [-0.15, -0.1) is 0 Å². The summed E-state index contributed by atoms with van der Waals surface area (Å²) in [5, 5.41) is 0. The van der Waals surface area contributed by atoms with Gasteiger partial charge in [-0.05, 0) is 11.1 Å². The van der Waals surface area contributed by atoms with Gasteiger partial charge in [0.15, 0.2) is 11.5 Å². The fraction of sp³-hybridized carbons (Fsp3) is 0.292. The lowest BCUT2D eigenvalue weighted by atomic mass is 9.95. The van der Waals surface area contributed by atoms with Crippen LogP contribution in [0.5, 0.6) is 6.01 Å². The van der Waals surface area contributed by atoms with E-state index in [2.05, 4.69) is 15.0 Å². The van der Waals surface area contributed by atoms with Crippen LogP contribution in [0.3, 0.4) is 0 Å². The second-order valence-corrected chi connectivity index (χ2v) is 10.6. The third-order valence-electron chi connectivity index (χ3n) is 5.42. The third-order valence-corrected chi connectivity index (χ3v) is 6.05. The van der Waals surface area contributed by atoms with E-state index >= 15 is 0 Å². The molecule has 2 aromatic heterocycles. The number of benzene rings is 2. The van der Waals surface area contributed by atoms with Crippen molar-refractivity contribution < 1.29 is 23.7 Å². The SMILES string of the molecule is COCCOc1nc(N)c2[nH]c(=O)n(C(c3ccccc3)C(OCP(C)(=O)O)c3ccccc3)c2n1. The Morgan fingerprint density at radius 1 is 1.06 bits per heavy atom. The number of hydrogen-bond acceptors (Lipinski definition) is 8. The van der Waals surface area contributed by atoms with Crippen molar-refractivity contribution in [2.24, 2.45) is 0 Å². The molecule has 190 valence electrons. The zero-order chi connectivity index (χ0) is 25.7. The molecule has 0 aliphatic heterocycles. The van der Waals surface area contributed by atoms with Crippen LogP contribution in [0.4, 0.5) is 5.82 Å². The highest BCUT2D eigenvalue weighted by Gasteiger charge is 2.33. The van der Waals surface area contributed by atoms with Gasteiger partial charge < -0.3 is 29.8 Å². The first-order valence-electron chi connectivity index (χ1n) is 11.2. The topological polar surface area (TPSA) is 155 Å². The zero-order valence-electron chi connectivity index (χ0n) is 19.9. The van der Waals surface area contributed by atoms with E-state index in [1.807, 2.05) is 60.7 Å². The minimum absolute atomic E-state index is 0.0118. The highest BCUT2D eigenvalue weighted by molar-refractivity contribution is 7.56. The van der Waals surface area contributed by atoms with Crippen LogP contribution in [-0.4, -0.2) is 57.7 Å². The van der Waals surface area contributed by atoms with Crippen LogP contribution in [-0.2, 0) is 14.0 Å². The first-order chi connectivity index (χ1) is 17.3. The van der Waals surface area contributed by atoms with E-state index in [0.717, 1.165) is 5.56 Å². The van der Waals surface area contributed by atoms with Gasteiger partial charge in [-0.3, -0.25) is 9.13 Å². The summed E-state index contributed by atoms with van der Waals surface area (Å²) in [7, 11) is -1.99. The summed E-state index contributed by atoms with van der Waals surface area (Å²) in [6, 6.07) is 17.6. The summed E-state index contributed by atoms with van der Waals surface area (Å²) < 4.78 is 30.2. The molecule has 4 rings (SSSR count). The fourth-order valence-corrected chi connectivity index (χ4v) is 4.32. The molecule has 36 heavy (non-hydrogen) atoms. The average molecular weight is 513 g/mol. The van der Waals surface area contributed by atoms with E-state index in [0.29, 0.717) is 12.2 Å². The Morgan fingerprint density at radius 3 is 2.31 bits per heavy atom. The van der Waals surface area contributed by atoms with Crippen molar-refractivity contribution in [3.8, 4) is 6.01 Å². The van der Waals surface area contributed by atoms with Crippen molar-refractivity contribution in [1.29, 1.82) is 0 Å². The van der Waals surface area contributed by atoms with Crippen LogP contribution in [0, 0.1) is 0 Å². The predicted octanol–water partition coefficient (Wildman–Crippen LogP) is 2.93. The summed E-state index contributed by atoms with van der Waals surface area (Å²) >= 11 is 0. The van der Waals surface area contributed by atoms with Gasteiger partial charge in [-0.2, -0.15) is 9.97 Å². The van der Waals surface area contributed by atoms with Crippen LogP contribution in [0.2, 0.25) is 0 Å². The lowest BCUT2D eigenvalue weighted by Crippen LogP contribution is -2.30. The predicted molar refractivity (Wildman–Crippen MR) is 135 cm³/mol. The second kappa shape index (κ2) is 11.0. The number of nitrogens with zero attached hydrogens (tertiary/aromatic N) is 3. The molecule has 0 saturated heterocycles. The number of nitrogen functional groups attached to an aromatic ring is 1. The second-order valence-electron chi connectivity index (χ2n) is 8.26. The van der Waals surface area contributed by atoms with Crippen LogP contribution < -0.4 is 16.2 Å². The molecular formula is C24H28N5O6P. The van der Waals surface area contributed by atoms with Crippen molar-refractivity contribution in [1.82, 2.24) is 19.5 Å². The number of nitrogens with two attached hydrogens (primary N) is 1. The summed E-state index contributed by atoms with van der Waals surface area (Å²) in [6.07, 6.45) is -1.23. The number of nitrogens with one attached hydrogen (secondary N) is 1. The van der Waals surface area contributed by atoms with Crippen LogP contribution in [0.25, 0.3) is 11.2 Å². The number of anilines is 1. The van der Waals surface area contributed by atoms with E-state index in [1.54, 1.807) is 7.11 Å². The number of ether oxygens (including phenoxy) is 3. The molecule has 0 fully saturated rings. The van der Waals surface area contributed by atoms with Gasteiger partial charge in [0.05, 0.1) is 12.6 Å². The molecule has 0 spiro atoms. The van der Waals surface area contributed by atoms with Gasteiger partial charge in [-0.25, -0.2) is 4.79 Å². The number of aromatic amines is 1. The molecule has 0 aliphatic rings. The monoisotopic (exact) mass is 513 g/mol. The molecule has 0 saturated carbocycles. The molecule has 4 aromatic rings. The molecule has 0 aliphatic carbocycles. The maximum Gasteiger partial charge on any atom is 0.328 e. The highest BCUT2D eigenvalue weighted by atomic mass is 31.2. The van der Waals surface area contributed by atoms with Gasteiger partial charge in [0, 0.05) is 13.8 Å². The van der Waals surface area contributed by atoms with Crippen molar-refractivity contribution >= 4 is 24.4 Å². The fourth-order valence-electron chi connectivity index (χ4n) is 3.88. The number of hydrogen-bond donors (Lipinski definition) is 3. The van der Waals surface area contributed by atoms with E-state index in [1.165, 1.54) is 11.2 Å². The van der Waals surface area contributed by atoms with E-state index < -0.39 is 31.6 Å². The first-order valence-corrected chi connectivity index (χ1v) is 13.5. The van der Waals surface area contributed by atoms with E-state index in [9.17, 15) is 14.3 Å². The van der Waals surface area contributed by atoms with E-state index in [4.69, 9.17) is 19.9 Å². The maximum absolute atomic E-state index is 13.4. The molecule has 2 heterocycles. The molecule has 0 amide bonds. The van der Waals surface area contributed by atoms with Gasteiger partial charge >= 0.3 is 11.7 Å². The number of methoxy groups -OCH3 is 1. The lowest BCUT2D eigenvalue weighted by Gasteiger charge is -2.29. The zero-order valence-corrected chi connectivity index (χ0v) is 20.8. The Bertz CT molecular complexity index is 1400. The van der Waals surface area contributed by atoms with Crippen molar-refractivity contribution in [2.75, 3.05) is 39.1 Å². The summed E-state index contributed by atoms with van der Waals surface area (Å²) in [4.78, 5) is 34.7. The molecule has 4 N–H and O–H groups in total. The normalized spacial score (nSPS) is 14.9. The minimum atomic E-state index is -3.53. The average Bonchev–Trinajstić information content (AvgIpc) is 3.18.